The zero-order valence-electron chi connectivity index (χ0n) is 12.6. The van der Waals surface area contributed by atoms with Crippen LogP contribution in [0.2, 0.25) is 5.02 Å². The number of pyridine rings is 1. The predicted molar refractivity (Wildman–Crippen MR) is 97.3 cm³/mol. The number of anilines is 2. The molecule has 0 fully saturated rings. The molecule has 0 saturated heterocycles. The van der Waals surface area contributed by atoms with Crippen molar-refractivity contribution in [2.24, 2.45) is 0 Å². The molecule has 3 rings (SSSR count). The topological polar surface area (TPSA) is 34.1 Å². The van der Waals surface area contributed by atoms with Crippen molar-refractivity contribution in [2.45, 2.75) is 13.0 Å². The Labute approximate surface area is 145 Å². The maximum atomic E-state index is 5.97. The van der Waals surface area contributed by atoms with Gasteiger partial charge in [-0.15, -0.1) is 11.6 Å². The highest BCUT2D eigenvalue weighted by molar-refractivity contribution is 6.31. The molecule has 3 nitrogen and oxygen atoms in total. The van der Waals surface area contributed by atoms with E-state index in [4.69, 9.17) is 27.9 Å². The van der Waals surface area contributed by atoms with Gasteiger partial charge in [0.2, 0.25) is 0 Å². The highest BCUT2D eigenvalue weighted by atomic mass is 35.5. The lowest BCUT2D eigenvalue weighted by molar-refractivity contribution is 0.245. The van der Waals surface area contributed by atoms with E-state index in [2.05, 4.69) is 10.3 Å². The Kier molecular flexibility index (Phi) is 4.89. The van der Waals surface area contributed by atoms with Gasteiger partial charge in [0.25, 0.3) is 0 Å². The number of ether oxygens (including phenoxy) is 1. The third-order valence-corrected chi connectivity index (χ3v) is 4.01. The van der Waals surface area contributed by atoms with Gasteiger partial charge in [0.1, 0.15) is 11.9 Å². The Morgan fingerprint density at radius 3 is 2.61 bits per heavy atom. The van der Waals surface area contributed by atoms with Crippen molar-refractivity contribution in [1.82, 2.24) is 4.98 Å². The van der Waals surface area contributed by atoms with Crippen molar-refractivity contribution >= 4 is 45.5 Å². The minimum Gasteiger partial charge on any atom is -0.489 e. The molecule has 0 aliphatic heterocycles. The SMILES string of the molecule is CC(CCl)Oc1ccc(Nc2cnc3cc(Cl)ccc3c2)cc1. The van der Waals surface area contributed by atoms with Gasteiger partial charge in [-0.3, -0.25) is 4.98 Å². The molecule has 118 valence electrons. The Bertz CT molecular complexity index is 806. The highest BCUT2D eigenvalue weighted by Crippen LogP contribution is 2.24. The van der Waals surface area contributed by atoms with Crippen LogP contribution in [0.15, 0.2) is 54.7 Å². The van der Waals surface area contributed by atoms with Crippen LogP contribution >= 0.6 is 23.2 Å². The van der Waals surface area contributed by atoms with Gasteiger partial charge in [-0.2, -0.15) is 0 Å². The van der Waals surface area contributed by atoms with E-state index in [1.807, 2.05) is 55.5 Å². The van der Waals surface area contributed by atoms with Gasteiger partial charge in [-0.05, 0) is 49.4 Å². The molecule has 0 spiro atoms. The lowest BCUT2D eigenvalue weighted by Gasteiger charge is -2.12. The lowest BCUT2D eigenvalue weighted by Crippen LogP contribution is -2.12. The number of benzene rings is 2. The normalized spacial score (nSPS) is 12.1. The van der Waals surface area contributed by atoms with E-state index in [-0.39, 0.29) is 6.10 Å². The fourth-order valence-electron chi connectivity index (χ4n) is 2.21. The maximum Gasteiger partial charge on any atom is 0.119 e. The van der Waals surface area contributed by atoms with Gasteiger partial charge in [0.15, 0.2) is 0 Å². The first-order chi connectivity index (χ1) is 11.1. The first kappa shape index (κ1) is 15.9. The van der Waals surface area contributed by atoms with Crippen molar-refractivity contribution in [3.8, 4) is 5.75 Å². The summed E-state index contributed by atoms with van der Waals surface area (Å²) in [6, 6.07) is 15.5. The molecule has 1 heterocycles. The average molecular weight is 347 g/mol. The second kappa shape index (κ2) is 7.07. The molecule has 1 unspecified atom stereocenters. The molecule has 1 N–H and O–H groups in total. The van der Waals surface area contributed by atoms with Gasteiger partial charge in [-0.1, -0.05) is 17.7 Å². The number of rotatable bonds is 5. The first-order valence-electron chi connectivity index (χ1n) is 7.29. The van der Waals surface area contributed by atoms with Crippen LogP contribution < -0.4 is 10.1 Å². The van der Waals surface area contributed by atoms with Crippen LogP contribution in [-0.4, -0.2) is 17.0 Å². The summed E-state index contributed by atoms with van der Waals surface area (Å²) in [5, 5.41) is 5.05. The summed E-state index contributed by atoms with van der Waals surface area (Å²) < 4.78 is 5.65. The van der Waals surface area contributed by atoms with Crippen LogP contribution in [0.1, 0.15) is 6.92 Å². The number of hydrogen-bond donors (Lipinski definition) is 1. The summed E-state index contributed by atoms with van der Waals surface area (Å²) in [6.45, 7) is 1.94. The van der Waals surface area contributed by atoms with Crippen LogP contribution in [0.5, 0.6) is 5.75 Å². The van der Waals surface area contributed by atoms with E-state index in [0.717, 1.165) is 28.0 Å². The van der Waals surface area contributed by atoms with Crippen LogP contribution in [0.3, 0.4) is 0 Å². The number of hydrogen-bond acceptors (Lipinski definition) is 3. The summed E-state index contributed by atoms with van der Waals surface area (Å²) in [6.07, 6.45) is 1.78. The minimum atomic E-state index is -0.00742. The Morgan fingerprint density at radius 1 is 1.09 bits per heavy atom. The van der Waals surface area contributed by atoms with E-state index < -0.39 is 0 Å². The molecule has 0 saturated carbocycles. The maximum absolute atomic E-state index is 5.97. The van der Waals surface area contributed by atoms with Crippen molar-refractivity contribution in [1.29, 1.82) is 0 Å². The van der Waals surface area contributed by atoms with E-state index in [9.17, 15) is 0 Å². The molecular formula is C18H16Cl2N2O. The van der Waals surface area contributed by atoms with Crippen LogP contribution in [0, 0.1) is 0 Å². The van der Waals surface area contributed by atoms with Gasteiger partial charge < -0.3 is 10.1 Å². The fraction of sp³-hybridized carbons (Fsp3) is 0.167. The number of alkyl halides is 1. The molecule has 0 aliphatic rings. The largest absolute Gasteiger partial charge is 0.489 e. The Hall–Kier alpha value is -1.97. The van der Waals surface area contributed by atoms with Crippen LogP contribution in [0.25, 0.3) is 10.9 Å². The summed E-state index contributed by atoms with van der Waals surface area (Å²) in [5.41, 5.74) is 2.76. The Morgan fingerprint density at radius 2 is 1.87 bits per heavy atom. The Balaban J connectivity index is 1.75. The molecule has 2 aromatic carbocycles. The van der Waals surface area contributed by atoms with E-state index in [1.54, 1.807) is 6.20 Å². The summed E-state index contributed by atoms with van der Waals surface area (Å²) in [4.78, 5) is 4.42. The molecule has 0 bridgehead atoms. The molecule has 5 heteroatoms. The zero-order valence-corrected chi connectivity index (χ0v) is 14.1. The minimum absolute atomic E-state index is 0.00742. The monoisotopic (exact) mass is 346 g/mol. The van der Waals surface area contributed by atoms with Gasteiger partial charge in [0.05, 0.1) is 23.3 Å². The molecule has 0 aliphatic carbocycles. The lowest BCUT2D eigenvalue weighted by atomic mass is 10.2. The fourth-order valence-corrected chi connectivity index (χ4v) is 2.44. The molecule has 0 radical (unpaired) electrons. The highest BCUT2D eigenvalue weighted by Gasteiger charge is 2.03. The summed E-state index contributed by atoms with van der Waals surface area (Å²) in [7, 11) is 0. The van der Waals surface area contributed by atoms with Crippen molar-refractivity contribution in [3.05, 3.63) is 59.8 Å². The molecule has 1 aromatic heterocycles. The van der Waals surface area contributed by atoms with Crippen molar-refractivity contribution < 1.29 is 4.74 Å². The van der Waals surface area contributed by atoms with Gasteiger partial charge in [0, 0.05) is 16.1 Å². The smallest absolute Gasteiger partial charge is 0.119 e. The average Bonchev–Trinajstić information content (AvgIpc) is 2.56. The second-order valence-corrected chi connectivity index (χ2v) is 6.04. The number of halogens is 2. The van der Waals surface area contributed by atoms with Crippen molar-refractivity contribution in [3.63, 3.8) is 0 Å². The van der Waals surface area contributed by atoms with E-state index in [0.29, 0.717) is 10.9 Å². The number of fused-ring (bicyclic) bond motifs is 1. The number of nitrogens with one attached hydrogen (secondary N) is 1. The zero-order chi connectivity index (χ0) is 16.2. The number of nitrogens with zero attached hydrogens (tertiary/aromatic N) is 1. The van der Waals surface area contributed by atoms with Crippen molar-refractivity contribution in [2.75, 3.05) is 11.2 Å². The van der Waals surface area contributed by atoms with Crippen LogP contribution in [0.4, 0.5) is 11.4 Å². The molecule has 3 aromatic rings. The molecular weight excluding hydrogens is 331 g/mol. The van der Waals surface area contributed by atoms with Crippen LogP contribution in [-0.2, 0) is 0 Å². The summed E-state index contributed by atoms with van der Waals surface area (Å²) in [5.74, 6) is 1.27. The molecule has 0 amide bonds. The molecule has 1 atom stereocenters. The quantitative estimate of drug-likeness (QED) is 0.607. The van der Waals surface area contributed by atoms with E-state index in [1.165, 1.54) is 0 Å². The first-order valence-corrected chi connectivity index (χ1v) is 8.20. The molecule has 23 heavy (non-hydrogen) atoms. The standard InChI is InChI=1S/C18H16Cl2N2O/c1-12(10-19)23-17-6-4-15(5-7-17)22-16-8-13-2-3-14(20)9-18(13)21-11-16/h2-9,11-12,22H,10H2,1H3. The second-order valence-electron chi connectivity index (χ2n) is 5.29. The number of aromatic nitrogens is 1. The third kappa shape index (κ3) is 4.06. The van der Waals surface area contributed by atoms with Gasteiger partial charge >= 0.3 is 0 Å². The predicted octanol–water partition coefficient (Wildman–Crippen LogP) is 5.64. The van der Waals surface area contributed by atoms with Gasteiger partial charge in [-0.25, -0.2) is 0 Å². The summed E-state index contributed by atoms with van der Waals surface area (Å²) >= 11 is 11.7. The van der Waals surface area contributed by atoms with E-state index >= 15 is 0 Å². The third-order valence-electron chi connectivity index (χ3n) is 3.34.